The molecule has 0 rings (SSSR count). The van der Waals surface area contributed by atoms with E-state index < -0.39 is 10.1 Å². The van der Waals surface area contributed by atoms with Gasteiger partial charge in [-0.15, -0.1) is 0 Å². The minimum absolute atomic E-state index is 0. The molecule has 0 aliphatic heterocycles. The molecule has 0 fully saturated rings. The van der Waals surface area contributed by atoms with Crippen LogP contribution >= 0.6 is 0 Å². The van der Waals surface area contributed by atoms with E-state index >= 15 is 0 Å². The molecule has 1 amide bonds. The van der Waals surface area contributed by atoms with Crippen LogP contribution < -0.4 is 5.32 Å². The molecule has 5 nitrogen and oxygen atoms in total. The van der Waals surface area contributed by atoms with Crippen LogP contribution in [-0.2, 0) is 14.9 Å². The molecule has 0 saturated heterocycles. The van der Waals surface area contributed by atoms with Gasteiger partial charge in [0.25, 0.3) is 10.1 Å². The topological polar surface area (TPSA) is 83.5 Å². The summed E-state index contributed by atoms with van der Waals surface area (Å²) in [7, 11) is -3.93. The monoisotopic (exact) mass is 371 g/mol. The van der Waals surface area contributed by atoms with E-state index in [-0.39, 0.29) is 47.3 Å². The molecule has 1 unspecified atom stereocenters. The van der Waals surface area contributed by atoms with Crippen LogP contribution in [0.5, 0.6) is 0 Å². The summed E-state index contributed by atoms with van der Waals surface area (Å²) in [6, 6.07) is -0.0534. The Kier molecular flexibility index (Phi) is 18.2. The zero-order valence-corrected chi connectivity index (χ0v) is 15.2. The first-order valence-electron chi connectivity index (χ1n) is 8.77. The van der Waals surface area contributed by atoms with E-state index in [9.17, 15) is 13.2 Å². The average Bonchev–Trinajstić information content (AvgIpc) is 2.48. The Balaban J connectivity index is 0. The molecule has 0 aromatic carbocycles. The van der Waals surface area contributed by atoms with Crippen molar-refractivity contribution in [3.8, 4) is 0 Å². The quantitative estimate of drug-likeness (QED) is 0.200. The molecule has 0 aliphatic rings. The summed E-state index contributed by atoms with van der Waals surface area (Å²) >= 11 is 0. The van der Waals surface area contributed by atoms with Gasteiger partial charge in [-0.2, -0.15) is 8.42 Å². The van der Waals surface area contributed by atoms with Crippen LogP contribution in [0.15, 0.2) is 12.7 Å². The zero-order valence-electron chi connectivity index (χ0n) is 14.4. The van der Waals surface area contributed by atoms with Crippen LogP contribution in [0, 0.1) is 0 Å². The molecule has 138 valence electrons. The summed E-state index contributed by atoms with van der Waals surface area (Å²) in [4.78, 5) is 11.4. The van der Waals surface area contributed by atoms with Gasteiger partial charge in [0.1, 0.15) is 0 Å². The molecule has 24 heavy (non-hydrogen) atoms. The van der Waals surface area contributed by atoms with Gasteiger partial charge in [-0.3, -0.25) is 9.35 Å². The van der Waals surface area contributed by atoms with E-state index in [0.29, 0.717) is 12.8 Å². The normalized spacial score (nSPS) is 12.2. The molecule has 2 N–H and O–H groups in total. The first kappa shape index (κ1) is 26.4. The van der Waals surface area contributed by atoms with Crippen molar-refractivity contribution >= 4 is 45.6 Å². The summed E-state index contributed by atoms with van der Waals surface area (Å²) in [5.74, 6) is -0.494. The van der Waals surface area contributed by atoms with Crippen molar-refractivity contribution < 1.29 is 17.8 Å². The van der Waals surface area contributed by atoms with Crippen LogP contribution in [0.25, 0.3) is 0 Å². The van der Waals surface area contributed by atoms with Crippen molar-refractivity contribution in [1.29, 1.82) is 0 Å². The van der Waals surface area contributed by atoms with Gasteiger partial charge in [0.15, 0.2) is 0 Å². The van der Waals surface area contributed by atoms with Gasteiger partial charge in [0.05, 0.1) is 5.75 Å². The van der Waals surface area contributed by atoms with Crippen molar-refractivity contribution in [3.63, 3.8) is 0 Å². The number of rotatable bonds is 15. The predicted octanol–water partition coefficient (Wildman–Crippen LogP) is 3.21. The van der Waals surface area contributed by atoms with Crippen LogP contribution in [0.1, 0.15) is 77.6 Å². The number of nitrogens with one attached hydrogen (secondary N) is 1. The van der Waals surface area contributed by atoms with Gasteiger partial charge in [-0.25, -0.2) is 0 Å². The van der Waals surface area contributed by atoms with E-state index in [1.165, 1.54) is 44.6 Å². The number of amides is 1. The Morgan fingerprint density at radius 3 is 2.04 bits per heavy atom. The van der Waals surface area contributed by atoms with Crippen LogP contribution in [0.4, 0.5) is 0 Å². The third-order valence-corrected chi connectivity index (χ3v) is 4.70. The van der Waals surface area contributed by atoms with Crippen molar-refractivity contribution in [3.05, 3.63) is 12.7 Å². The molecule has 0 aromatic heterocycles. The van der Waals surface area contributed by atoms with E-state index in [0.717, 1.165) is 19.3 Å². The van der Waals surface area contributed by atoms with Gasteiger partial charge in [0, 0.05) is 6.04 Å². The molecular weight excluding hydrogens is 337 g/mol. The summed E-state index contributed by atoms with van der Waals surface area (Å²) in [6.45, 7) is 5.64. The maximum absolute atomic E-state index is 11.4. The third-order valence-electron chi connectivity index (χ3n) is 3.89. The summed E-state index contributed by atoms with van der Waals surface area (Å²) in [5, 5.41) is 2.84. The Bertz CT molecular complexity index is 426. The Labute approximate surface area is 170 Å². The van der Waals surface area contributed by atoms with E-state index in [4.69, 9.17) is 4.55 Å². The fourth-order valence-corrected chi connectivity index (χ4v) is 3.12. The molecule has 0 saturated carbocycles. The number of carbonyl (C=O) groups is 1. The SMILES string of the molecule is C=CC(=O)NC(CCCCCCCCCC)CCCS(=O)(=O)O.[NaH]. The Morgan fingerprint density at radius 1 is 1.04 bits per heavy atom. The minimum atomic E-state index is -3.93. The van der Waals surface area contributed by atoms with Gasteiger partial charge >= 0.3 is 29.6 Å². The predicted molar refractivity (Wildman–Crippen MR) is 102 cm³/mol. The first-order valence-corrected chi connectivity index (χ1v) is 10.4. The second kappa shape index (κ2) is 16.6. The molecule has 0 spiro atoms. The molecule has 1 atom stereocenters. The van der Waals surface area contributed by atoms with Crippen molar-refractivity contribution in [2.75, 3.05) is 5.75 Å². The molecule has 0 bridgehead atoms. The second-order valence-electron chi connectivity index (χ2n) is 6.10. The van der Waals surface area contributed by atoms with Crippen LogP contribution in [0.3, 0.4) is 0 Å². The van der Waals surface area contributed by atoms with E-state index in [1.807, 2.05) is 0 Å². The van der Waals surface area contributed by atoms with Gasteiger partial charge in [-0.05, 0) is 25.3 Å². The molecule has 0 aromatic rings. The van der Waals surface area contributed by atoms with Gasteiger partial charge in [0.2, 0.25) is 5.91 Å². The number of hydrogen-bond donors (Lipinski definition) is 2. The summed E-state index contributed by atoms with van der Waals surface area (Å²) < 4.78 is 30.3. The van der Waals surface area contributed by atoms with Gasteiger partial charge < -0.3 is 5.32 Å². The van der Waals surface area contributed by atoms with Crippen molar-refractivity contribution in [2.24, 2.45) is 0 Å². The average molecular weight is 372 g/mol. The molecule has 0 radical (unpaired) electrons. The summed E-state index contributed by atoms with van der Waals surface area (Å²) in [5.41, 5.74) is 0. The van der Waals surface area contributed by atoms with E-state index in [1.54, 1.807) is 0 Å². The van der Waals surface area contributed by atoms with Gasteiger partial charge in [-0.1, -0.05) is 64.9 Å². The number of carbonyl (C=O) groups excluding carboxylic acids is 1. The Morgan fingerprint density at radius 2 is 1.54 bits per heavy atom. The molecule has 0 heterocycles. The third kappa shape index (κ3) is 18.5. The van der Waals surface area contributed by atoms with Crippen LogP contribution in [0.2, 0.25) is 0 Å². The number of hydrogen-bond acceptors (Lipinski definition) is 3. The fourth-order valence-electron chi connectivity index (χ4n) is 2.59. The maximum atomic E-state index is 11.4. The fraction of sp³-hybridized carbons (Fsp3) is 0.824. The molecular formula is C17H34NNaO4S. The second-order valence-corrected chi connectivity index (χ2v) is 7.67. The molecule has 7 heteroatoms. The van der Waals surface area contributed by atoms with Crippen molar-refractivity contribution in [2.45, 2.75) is 83.6 Å². The van der Waals surface area contributed by atoms with Crippen LogP contribution in [-0.4, -0.2) is 60.2 Å². The van der Waals surface area contributed by atoms with Crippen molar-refractivity contribution in [1.82, 2.24) is 5.32 Å². The molecule has 0 aliphatic carbocycles. The standard InChI is InChI=1S/C17H33NO4S.Na.H/c1-3-5-6-7-8-9-10-11-13-16(18-17(19)4-2)14-12-15-23(20,21)22;;/h4,16H,2-3,5-15H2,1H3,(H,18,19)(H,20,21,22);;. The Hall–Kier alpha value is 0.120. The number of unbranched alkanes of at least 4 members (excludes halogenated alkanes) is 7. The zero-order chi connectivity index (χ0) is 17.6. The van der Waals surface area contributed by atoms with E-state index in [2.05, 4.69) is 18.8 Å². The summed E-state index contributed by atoms with van der Waals surface area (Å²) in [6.07, 6.45) is 12.7. The first-order chi connectivity index (χ1) is 10.9.